The van der Waals surface area contributed by atoms with Gasteiger partial charge in [-0.1, -0.05) is 23.7 Å². The number of ether oxygens (including phenoxy) is 2. The molecule has 0 heterocycles. The van der Waals surface area contributed by atoms with Crippen LogP contribution in [-0.4, -0.2) is 18.4 Å². The molecule has 0 aliphatic rings. The van der Waals surface area contributed by atoms with E-state index in [9.17, 15) is 4.39 Å². The Bertz CT molecular complexity index is 751. The summed E-state index contributed by atoms with van der Waals surface area (Å²) in [5, 5.41) is 4.21. The number of nitrogens with two attached hydrogens (primary N) is 1. The SMILES string of the molecule is COc1cccc(C=NNC(N)=S)c1OCc1c(F)cccc1Cl. The van der Waals surface area contributed by atoms with E-state index >= 15 is 0 Å². The van der Waals surface area contributed by atoms with E-state index in [-0.39, 0.29) is 22.3 Å². The van der Waals surface area contributed by atoms with E-state index < -0.39 is 5.82 Å². The third kappa shape index (κ3) is 4.56. The molecule has 8 heteroatoms. The van der Waals surface area contributed by atoms with Crippen LogP contribution in [0.4, 0.5) is 4.39 Å². The average Bonchev–Trinajstić information content (AvgIpc) is 2.54. The number of halogens is 2. The Kier molecular flexibility index (Phi) is 6.34. The summed E-state index contributed by atoms with van der Waals surface area (Å²) in [7, 11) is 1.51. The van der Waals surface area contributed by atoms with Gasteiger partial charge >= 0.3 is 0 Å². The van der Waals surface area contributed by atoms with Gasteiger partial charge in [-0.2, -0.15) is 5.10 Å². The monoisotopic (exact) mass is 367 g/mol. The second-order valence-corrected chi connectivity index (χ2v) is 5.45. The summed E-state index contributed by atoms with van der Waals surface area (Å²) in [6.45, 7) is -0.0601. The highest BCUT2D eigenvalue weighted by Gasteiger charge is 2.13. The second kappa shape index (κ2) is 8.47. The van der Waals surface area contributed by atoms with Crippen LogP contribution in [0, 0.1) is 5.82 Å². The Balaban J connectivity index is 2.27. The van der Waals surface area contributed by atoms with Crippen LogP contribution >= 0.6 is 23.8 Å². The molecule has 0 amide bonds. The Hall–Kier alpha value is -2.38. The van der Waals surface area contributed by atoms with Gasteiger partial charge in [-0.15, -0.1) is 0 Å². The number of nitrogens with zero attached hydrogens (tertiary/aromatic N) is 1. The summed E-state index contributed by atoms with van der Waals surface area (Å²) in [5.74, 6) is 0.428. The second-order valence-electron chi connectivity index (χ2n) is 4.60. The third-order valence-corrected chi connectivity index (χ3v) is 3.48. The number of hydrazone groups is 1. The van der Waals surface area contributed by atoms with E-state index in [0.717, 1.165) is 0 Å². The van der Waals surface area contributed by atoms with Gasteiger partial charge in [0.05, 0.1) is 18.3 Å². The first-order chi connectivity index (χ1) is 11.5. The molecule has 0 saturated heterocycles. The highest BCUT2D eigenvalue weighted by Crippen LogP contribution is 2.31. The molecule has 126 valence electrons. The van der Waals surface area contributed by atoms with E-state index in [4.69, 9.17) is 26.8 Å². The molecule has 0 saturated carbocycles. The number of rotatable bonds is 6. The summed E-state index contributed by atoms with van der Waals surface area (Å²) in [5.41, 5.74) is 8.63. The molecule has 0 aromatic heterocycles. The average molecular weight is 368 g/mol. The molecule has 2 aromatic rings. The zero-order valence-electron chi connectivity index (χ0n) is 12.8. The molecule has 2 rings (SSSR count). The Morgan fingerprint density at radius 1 is 1.38 bits per heavy atom. The number of hydrogen-bond acceptors (Lipinski definition) is 4. The van der Waals surface area contributed by atoms with Crippen molar-refractivity contribution in [3.63, 3.8) is 0 Å². The van der Waals surface area contributed by atoms with Crippen LogP contribution < -0.4 is 20.6 Å². The number of para-hydroxylation sites is 1. The van der Waals surface area contributed by atoms with Crippen molar-refractivity contribution in [3.05, 3.63) is 58.4 Å². The van der Waals surface area contributed by atoms with Crippen LogP contribution in [0.1, 0.15) is 11.1 Å². The first-order valence-corrected chi connectivity index (χ1v) is 7.62. The van der Waals surface area contributed by atoms with Gasteiger partial charge in [0, 0.05) is 11.1 Å². The molecule has 0 fully saturated rings. The van der Waals surface area contributed by atoms with Gasteiger partial charge in [-0.3, -0.25) is 5.43 Å². The maximum absolute atomic E-state index is 13.9. The number of hydrogen-bond donors (Lipinski definition) is 2. The van der Waals surface area contributed by atoms with Gasteiger partial charge in [0.15, 0.2) is 16.6 Å². The predicted octanol–water partition coefficient (Wildman–Crippen LogP) is 3.23. The van der Waals surface area contributed by atoms with Gasteiger partial charge in [0.25, 0.3) is 0 Å². The summed E-state index contributed by atoms with van der Waals surface area (Å²) in [4.78, 5) is 0. The van der Waals surface area contributed by atoms with Gasteiger partial charge in [0.2, 0.25) is 0 Å². The van der Waals surface area contributed by atoms with Crippen LogP contribution in [0.2, 0.25) is 5.02 Å². The quantitative estimate of drug-likeness (QED) is 0.466. The summed E-state index contributed by atoms with van der Waals surface area (Å²) >= 11 is 10.7. The van der Waals surface area contributed by atoms with Gasteiger partial charge < -0.3 is 15.2 Å². The van der Waals surface area contributed by atoms with Crippen molar-refractivity contribution in [3.8, 4) is 11.5 Å². The lowest BCUT2D eigenvalue weighted by Crippen LogP contribution is -2.24. The summed E-state index contributed by atoms with van der Waals surface area (Å²) in [6, 6.07) is 9.69. The fraction of sp³-hybridized carbons (Fsp3) is 0.125. The largest absolute Gasteiger partial charge is 0.493 e. The van der Waals surface area contributed by atoms with Gasteiger partial charge in [-0.25, -0.2) is 4.39 Å². The van der Waals surface area contributed by atoms with E-state index in [0.29, 0.717) is 17.1 Å². The Labute approximate surface area is 149 Å². The fourth-order valence-electron chi connectivity index (χ4n) is 1.93. The molecule has 0 spiro atoms. The minimum Gasteiger partial charge on any atom is -0.493 e. The molecule has 2 aromatic carbocycles. The maximum atomic E-state index is 13.9. The normalized spacial score (nSPS) is 10.6. The molecule has 3 N–H and O–H groups in total. The minimum atomic E-state index is -0.442. The molecular weight excluding hydrogens is 353 g/mol. The summed E-state index contributed by atoms with van der Waals surface area (Å²) in [6.07, 6.45) is 1.47. The molecule has 0 atom stereocenters. The zero-order chi connectivity index (χ0) is 17.5. The van der Waals surface area contributed by atoms with Crippen molar-refractivity contribution in [2.24, 2.45) is 10.8 Å². The van der Waals surface area contributed by atoms with Crippen LogP contribution in [-0.2, 0) is 6.61 Å². The first kappa shape index (κ1) is 18.0. The highest BCUT2D eigenvalue weighted by atomic mass is 35.5. The third-order valence-electron chi connectivity index (χ3n) is 3.03. The Morgan fingerprint density at radius 3 is 2.79 bits per heavy atom. The molecule has 5 nitrogen and oxygen atoms in total. The minimum absolute atomic E-state index is 0.0368. The molecule has 0 bridgehead atoms. The first-order valence-electron chi connectivity index (χ1n) is 6.84. The zero-order valence-corrected chi connectivity index (χ0v) is 14.3. The molecule has 0 radical (unpaired) electrons. The molecule has 0 unspecified atom stereocenters. The smallest absolute Gasteiger partial charge is 0.184 e. The highest BCUT2D eigenvalue weighted by molar-refractivity contribution is 7.80. The van der Waals surface area contributed by atoms with E-state index in [2.05, 4.69) is 22.7 Å². The number of thiocarbonyl (C=S) groups is 1. The van der Waals surface area contributed by atoms with E-state index in [1.807, 2.05) is 0 Å². The van der Waals surface area contributed by atoms with Crippen LogP contribution in [0.5, 0.6) is 11.5 Å². The van der Waals surface area contributed by atoms with Crippen molar-refractivity contribution < 1.29 is 13.9 Å². The van der Waals surface area contributed by atoms with Crippen molar-refractivity contribution in [1.29, 1.82) is 0 Å². The van der Waals surface area contributed by atoms with Crippen LogP contribution in [0.25, 0.3) is 0 Å². The summed E-state index contributed by atoms with van der Waals surface area (Å²) < 4.78 is 24.9. The van der Waals surface area contributed by atoms with Gasteiger partial charge in [0.1, 0.15) is 12.4 Å². The standard InChI is InChI=1S/C16H15ClFN3O2S/c1-22-14-7-2-4-10(8-20-21-16(19)24)15(14)23-9-11-12(17)5-3-6-13(11)18/h2-8H,9H2,1H3,(H3,19,21,24). The number of benzene rings is 2. The number of methoxy groups -OCH3 is 1. The fourth-order valence-corrected chi connectivity index (χ4v) is 2.20. The lowest BCUT2D eigenvalue weighted by atomic mass is 10.2. The number of nitrogens with one attached hydrogen (secondary N) is 1. The Morgan fingerprint density at radius 2 is 2.12 bits per heavy atom. The molecule has 0 aliphatic heterocycles. The van der Waals surface area contributed by atoms with Crippen molar-refractivity contribution in [2.45, 2.75) is 6.61 Å². The maximum Gasteiger partial charge on any atom is 0.184 e. The lowest BCUT2D eigenvalue weighted by Gasteiger charge is -2.14. The molecular formula is C16H15ClFN3O2S. The van der Waals surface area contributed by atoms with Crippen molar-refractivity contribution in [2.75, 3.05) is 7.11 Å². The van der Waals surface area contributed by atoms with Crippen LogP contribution in [0.3, 0.4) is 0 Å². The van der Waals surface area contributed by atoms with Crippen LogP contribution in [0.15, 0.2) is 41.5 Å². The molecule has 24 heavy (non-hydrogen) atoms. The van der Waals surface area contributed by atoms with E-state index in [1.54, 1.807) is 24.3 Å². The van der Waals surface area contributed by atoms with E-state index in [1.165, 1.54) is 25.5 Å². The van der Waals surface area contributed by atoms with Crippen molar-refractivity contribution >= 4 is 35.1 Å². The van der Waals surface area contributed by atoms with Crippen molar-refractivity contribution in [1.82, 2.24) is 5.43 Å². The van der Waals surface area contributed by atoms with Gasteiger partial charge in [-0.05, 0) is 36.5 Å². The lowest BCUT2D eigenvalue weighted by molar-refractivity contribution is 0.279. The molecule has 0 aliphatic carbocycles. The topological polar surface area (TPSA) is 68.9 Å². The predicted molar refractivity (Wildman–Crippen MR) is 96.3 cm³/mol.